The van der Waals surface area contributed by atoms with E-state index in [0.717, 1.165) is 43.1 Å². The van der Waals surface area contributed by atoms with Crippen LogP contribution in [0.25, 0.3) is 0 Å². The zero-order valence-electron chi connectivity index (χ0n) is 16.4. The molecule has 1 fully saturated rings. The second-order valence-electron chi connectivity index (χ2n) is 6.98. The molecule has 2 heterocycles. The van der Waals surface area contributed by atoms with Crippen LogP contribution >= 0.6 is 24.8 Å². The minimum atomic E-state index is -0.826. The number of hydrogen-bond acceptors (Lipinski definition) is 4. The largest absolute Gasteiger partial charge is 0.352 e. The molecule has 1 unspecified atom stereocenters. The Balaban J connectivity index is 0.00000210. The van der Waals surface area contributed by atoms with Crippen molar-refractivity contribution in [2.24, 2.45) is 7.05 Å². The van der Waals surface area contributed by atoms with Crippen LogP contribution < -0.4 is 10.6 Å². The van der Waals surface area contributed by atoms with Gasteiger partial charge in [0.05, 0.1) is 6.20 Å². The summed E-state index contributed by atoms with van der Waals surface area (Å²) in [6.45, 7) is 2.16. The molecule has 2 aromatic rings. The van der Waals surface area contributed by atoms with E-state index in [-0.39, 0.29) is 36.8 Å². The Morgan fingerprint density at radius 2 is 1.93 bits per heavy atom. The number of nitrogens with one attached hydrogen (secondary N) is 2. The summed E-state index contributed by atoms with van der Waals surface area (Å²) < 4.78 is 28.0. The van der Waals surface area contributed by atoms with Gasteiger partial charge in [-0.3, -0.25) is 14.4 Å². The lowest BCUT2D eigenvalue weighted by Gasteiger charge is -2.33. The first kappa shape index (κ1) is 25.3. The molecule has 0 aliphatic carbocycles. The molecule has 0 bridgehead atoms. The van der Waals surface area contributed by atoms with Crippen LogP contribution in [0.4, 0.5) is 8.78 Å². The number of aromatic nitrogens is 2. The number of rotatable bonds is 6. The summed E-state index contributed by atoms with van der Waals surface area (Å²) in [5, 5.41) is 10.3. The normalized spacial score (nSPS) is 15.9. The molecule has 0 saturated carbocycles. The first-order valence-corrected chi connectivity index (χ1v) is 9.08. The molecule has 1 aromatic heterocycles. The molecule has 1 saturated heterocycles. The molecular weight excluding hydrogens is 423 g/mol. The third-order valence-corrected chi connectivity index (χ3v) is 4.93. The minimum absolute atomic E-state index is 0. The van der Waals surface area contributed by atoms with Crippen molar-refractivity contribution in [1.82, 2.24) is 25.3 Å². The quantitative estimate of drug-likeness (QED) is 0.711. The lowest BCUT2D eigenvalue weighted by molar-refractivity contribution is -0.124. The van der Waals surface area contributed by atoms with Crippen LogP contribution in [0.2, 0.25) is 0 Å². The summed E-state index contributed by atoms with van der Waals surface area (Å²) in [5.41, 5.74) is 1.58. The molecule has 6 nitrogen and oxygen atoms in total. The predicted octanol–water partition coefficient (Wildman–Crippen LogP) is 2.58. The van der Waals surface area contributed by atoms with E-state index in [1.54, 1.807) is 24.0 Å². The van der Waals surface area contributed by atoms with E-state index in [2.05, 4.69) is 20.6 Å². The Morgan fingerprint density at radius 3 is 2.48 bits per heavy atom. The number of halogens is 4. The molecule has 162 valence electrons. The van der Waals surface area contributed by atoms with Crippen molar-refractivity contribution in [3.05, 3.63) is 53.4 Å². The molecule has 1 atom stereocenters. The number of piperidine rings is 1. The zero-order valence-corrected chi connectivity index (χ0v) is 18.0. The molecule has 1 aliphatic rings. The van der Waals surface area contributed by atoms with Crippen LogP contribution in [-0.4, -0.2) is 46.8 Å². The van der Waals surface area contributed by atoms with Gasteiger partial charge in [-0.05, 0) is 37.6 Å². The van der Waals surface area contributed by atoms with Crippen molar-refractivity contribution in [3.63, 3.8) is 0 Å². The van der Waals surface area contributed by atoms with Gasteiger partial charge in [0.2, 0.25) is 5.91 Å². The second kappa shape index (κ2) is 11.4. The van der Waals surface area contributed by atoms with E-state index < -0.39 is 17.7 Å². The standard InChI is InChI=1S/C19H25F2N5O.2ClH/c1-22-18(14-10-23-25(2)12-14)19(27)24-15-5-7-26(8-6-15)11-13-3-4-16(20)17(21)9-13;;/h3-4,9-10,12,15,18,22H,5-8,11H2,1-2H3,(H,24,27);2*1H. The summed E-state index contributed by atoms with van der Waals surface area (Å²) >= 11 is 0. The Morgan fingerprint density at radius 1 is 1.24 bits per heavy atom. The average molecular weight is 450 g/mol. The third-order valence-electron chi connectivity index (χ3n) is 4.93. The van der Waals surface area contributed by atoms with Crippen molar-refractivity contribution in [2.45, 2.75) is 31.5 Å². The average Bonchev–Trinajstić information content (AvgIpc) is 3.06. The molecule has 1 amide bonds. The fourth-order valence-corrected chi connectivity index (χ4v) is 3.45. The third kappa shape index (κ3) is 6.64. The molecule has 0 radical (unpaired) electrons. The van der Waals surface area contributed by atoms with E-state index in [1.165, 1.54) is 6.07 Å². The second-order valence-corrected chi connectivity index (χ2v) is 6.98. The summed E-state index contributed by atoms with van der Waals surface area (Å²) in [7, 11) is 3.57. The van der Waals surface area contributed by atoms with Gasteiger partial charge in [-0.2, -0.15) is 5.10 Å². The monoisotopic (exact) mass is 449 g/mol. The topological polar surface area (TPSA) is 62.2 Å². The first-order chi connectivity index (χ1) is 13.0. The maximum Gasteiger partial charge on any atom is 0.242 e. The maximum absolute atomic E-state index is 13.3. The Bertz CT molecular complexity index is 797. The van der Waals surface area contributed by atoms with Gasteiger partial charge in [0.25, 0.3) is 0 Å². The number of likely N-dealkylation sites (tertiary alicyclic amines) is 1. The highest BCUT2D eigenvalue weighted by Gasteiger charge is 2.25. The molecule has 3 rings (SSSR count). The number of carbonyl (C=O) groups excluding carboxylic acids is 1. The van der Waals surface area contributed by atoms with Crippen LogP contribution in [0.1, 0.15) is 30.0 Å². The number of likely N-dealkylation sites (N-methyl/N-ethyl adjacent to an activating group) is 1. The van der Waals surface area contributed by atoms with E-state index in [9.17, 15) is 13.6 Å². The van der Waals surface area contributed by atoms with Crippen molar-refractivity contribution in [3.8, 4) is 0 Å². The molecular formula is C19H27Cl2F2N5O. The fraction of sp³-hybridized carbons (Fsp3) is 0.474. The summed E-state index contributed by atoms with van der Waals surface area (Å²) in [6, 6.07) is 3.69. The number of carbonyl (C=O) groups is 1. The number of benzene rings is 1. The molecule has 1 aromatic carbocycles. The molecule has 2 N–H and O–H groups in total. The van der Waals surface area contributed by atoms with Crippen molar-refractivity contribution in [2.75, 3.05) is 20.1 Å². The Hall–Kier alpha value is -1.74. The van der Waals surface area contributed by atoms with Crippen LogP contribution in [-0.2, 0) is 18.4 Å². The SMILES string of the molecule is CNC(C(=O)NC1CCN(Cc2ccc(F)c(F)c2)CC1)c1cnn(C)c1.Cl.Cl. The maximum atomic E-state index is 13.3. The van der Waals surface area contributed by atoms with Gasteiger partial charge in [0.1, 0.15) is 6.04 Å². The summed E-state index contributed by atoms with van der Waals surface area (Å²) in [4.78, 5) is 14.8. The van der Waals surface area contributed by atoms with Gasteiger partial charge < -0.3 is 10.6 Å². The molecule has 0 spiro atoms. The van der Waals surface area contributed by atoms with Crippen molar-refractivity contribution >= 4 is 30.7 Å². The number of aryl methyl sites for hydroxylation is 1. The smallest absolute Gasteiger partial charge is 0.242 e. The molecule has 10 heteroatoms. The van der Waals surface area contributed by atoms with Crippen LogP contribution in [0.3, 0.4) is 0 Å². The van der Waals surface area contributed by atoms with Crippen molar-refractivity contribution in [1.29, 1.82) is 0 Å². The van der Waals surface area contributed by atoms with Gasteiger partial charge in [-0.1, -0.05) is 6.07 Å². The van der Waals surface area contributed by atoms with Crippen molar-refractivity contribution < 1.29 is 13.6 Å². The summed E-state index contributed by atoms with van der Waals surface area (Å²) in [6.07, 6.45) is 5.15. The molecule has 29 heavy (non-hydrogen) atoms. The van der Waals surface area contributed by atoms with E-state index in [4.69, 9.17) is 0 Å². The fourth-order valence-electron chi connectivity index (χ4n) is 3.45. The first-order valence-electron chi connectivity index (χ1n) is 9.08. The Kier molecular flexibility index (Phi) is 9.98. The highest BCUT2D eigenvalue weighted by molar-refractivity contribution is 5.85. The van der Waals surface area contributed by atoms with Gasteiger partial charge in [0.15, 0.2) is 11.6 Å². The van der Waals surface area contributed by atoms with Gasteiger partial charge in [-0.15, -0.1) is 24.8 Å². The molecule has 1 aliphatic heterocycles. The predicted molar refractivity (Wildman–Crippen MR) is 112 cm³/mol. The van der Waals surface area contributed by atoms with Crippen LogP contribution in [0.5, 0.6) is 0 Å². The number of hydrogen-bond donors (Lipinski definition) is 2. The highest BCUT2D eigenvalue weighted by Crippen LogP contribution is 2.17. The lowest BCUT2D eigenvalue weighted by Crippen LogP contribution is -2.47. The summed E-state index contributed by atoms with van der Waals surface area (Å²) in [5.74, 6) is -1.71. The zero-order chi connectivity index (χ0) is 19.4. The van der Waals surface area contributed by atoms with E-state index in [0.29, 0.717) is 6.54 Å². The van der Waals surface area contributed by atoms with Crippen LogP contribution in [0.15, 0.2) is 30.6 Å². The number of nitrogens with zero attached hydrogens (tertiary/aromatic N) is 3. The van der Waals surface area contributed by atoms with E-state index >= 15 is 0 Å². The highest BCUT2D eigenvalue weighted by atomic mass is 35.5. The van der Waals surface area contributed by atoms with E-state index in [1.807, 2.05) is 13.2 Å². The minimum Gasteiger partial charge on any atom is -0.352 e. The lowest BCUT2D eigenvalue weighted by atomic mass is 10.0. The Labute approximate surface area is 181 Å². The number of amides is 1. The van der Waals surface area contributed by atoms with Crippen LogP contribution in [0, 0.1) is 11.6 Å². The van der Waals surface area contributed by atoms with Gasteiger partial charge in [0, 0.05) is 44.5 Å². The van der Waals surface area contributed by atoms with Gasteiger partial charge in [-0.25, -0.2) is 8.78 Å². The van der Waals surface area contributed by atoms with Gasteiger partial charge >= 0.3 is 0 Å².